The van der Waals surface area contributed by atoms with E-state index in [-0.39, 0.29) is 0 Å². The molecule has 0 aliphatic rings. The van der Waals surface area contributed by atoms with Crippen molar-refractivity contribution in [2.45, 2.75) is 13.8 Å². The molecule has 0 saturated heterocycles. The van der Waals surface area contributed by atoms with E-state index in [9.17, 15) is 0 Å². The fourth-order valence-electron chi connectivity index (χ4n) is 0.725. The molecule has 2 nitrogen and oxygen atoms in total. The third-order valence-corrected chi connectivity index (χ3v) is 1.25. The zero-order chi connectivity index (χ0) is 7.98. The first-order valence-corrected chi connectivity index (χ1v) is 3.94. The minimum Gasteiger partial charge on any atom is -0.309 e. The first kappa shape index (κ1) is 9.58. The van der Waals surface area contributed by atoms with Gasteiger partial charge in [0.2, 0.25) is 0 Å². The lowest BCUT2D eigenvalue weighted by Gasteiger charge is -2.15. The second-order valence-electron chi connectivity index (χ2n) is 2.63. The fraction of sp³-hybridized carbons (Fsp3) is 0.857. The van der Waals surface area contributed by atoms with Crippen LogP contribution in [0.4, 0.5) is 0 Å². The standard InChI is InChI=1S/C7H13ClN2/c1-7(2)5-10(6-9)4-3-8/h7H,3-5H2,1-2H3. The second kappa shape index (κ2) is 5.37. The summed E-state index contributed by atoms with van der Waals surface area (Å²) in [4.78, 5) is 1.68. The van der Waals surface area contributed by atoms with Gasteiger partial charge in [-0.25, -0.2) is 0 Å². The van der Waals surface area contributed by atoms with Gasteiger partial charge in [0.15, 0.2) is 6.19 Å². The van der Waals surface area contributed by atoms with Crippen LogP contribution in [0.2, 0.25) is 0 Å². The Bertz CT molecular complexity index is 117. The van der Waals surface area contributed by atoms with Crippen LogP contribution in [0.15, 0.2) is 0 Å². The second-order valence-corrected chi connectivity index (χ2v) is 3.01. The number of hydrogen-bond acceptors (Lipinski definition) is 2. The maximum absolute atomic E-state index is 8.52. The van der Waals surface area contributed by atoms with Crippen molar-refractivity contribution < 1.29 is 0 Å². The van der Waals surface area contributed by atoms with Crippen molar-refractivity contribution in [2.24, 2.45) is 5.92 Å². The molecule has 0 atom stereocenters. The Morgan fingerprint density at radius 2 is 2.20 bits per heavy atom. The van der Waals surface area contributed by atoms with E-state index in [0.29, 0.717) is 18.3 Å². The largest absolute Gasteiger partial charge is 0.309 e. The van der Waals surface area contributed by atoms with Gasteiger partial charge in [-0.2, -0.15) is 5.26 Å². The highest BCUT2D eigenvalue weighted by Crippen LogP contribution is 1.96. The van der Waals surface area contributed by atoms with Gasteiger partial charge in [0, 0.05) is 19.0 Å². The molecule has 0 aromatic rings. The molecule has 0 radical (unpaired) electrons. The van der Waals surface area contributed by atoms with Crippen molar-refractivity contribution in [3.05, 3.63) is 0 Å². The van der Waals surface area contributed by atoms with Crippen LogP contribution >= 0.6 is 11.6 Å². The molecule has 0 heterocycles. The van der Waals surface area contributed by atoms with Crippen LogP contribution in [-0.2, 0) is 0 Å². The van der Waals surface area contributed by atoms with Crippen LogP contribution in [0.25, 0.3) is 0 Å². The normalized spacial score (nSPS) is 9.50. The summed E-state index contributed by atoms with van der Waals surface area (Å²) >= 11 is 5.47. The van der Waals surface area contributed by atoms with E-state index in [2.05, 4.69) is 20.0 Å². The maximum Gasteiger partial charge on any atom is 0.179 e. The summed E-state index contributed by atoms with van der Waals surface area (Å²) in [5, 5.41) is 8.52. The van der Waals surface area contributed by atoms with Crippen molar-refractivity contribution in [1.29, 1.82) is 5.26 Å². The lowest BCUT2D eigenvalue weighted by atomic mass is 10.2. The van der Waals surface area contributed by atoms with Crippen LogP contribution in [0, 0.1) is 17.4 Å². The van der Waals surface area contributed by atoms with Crippen LogP contribution in [0.5, 0.6) is 0 Å². The molecule has 0 fully saturated rings. The van der Waals surface area contributed by atoms with E-state index < -0.39 is 0 Å². The monoisotopic (exact) mass is 160 g/mol. The van der Waals surface area contributed by atoms with Crippen LogP contribution in [0.3, 0.4) is 0 Å². The predicted molar refractivity (Wildman–Crippen MR) is 42.7 cm³/mol. The first-order chi connectivity index (χ1) is 4.70. The lowest BCUT2D eigenvalue weighted by Crippen LogP contribution is -2.24. The molecule has 0 aliphatic carbocycles. The highest BCUT2D eigenvalue weighted by molar-refractivity contribution is 6.18. The Hall–Kier alpha value is -0.420. The summed E-state index contributed by atoms with van der Waals surface area (Å²) in [5.41, 5.74) is 0. The molecular weight excluding hydrogens is 148 g/mol. The third-order valence-electron chi connectivity index (χ3n) is 1.08. The van der Waals surface area contributed by atoms with Crippen molar-refractivity contribution in [3.63, 3.8) is 0 Å². The molecule has 0 amide bonds. The number of alkyl halides is 1. The summed E-state index contributed by atoms with van der Waals surface area (Å²) in [7, 11) is 0. The smallest absolute Gasteiger partial charge is 0.179 e. The van der Waals surface area contributed by atoms with Crippen molar-refractivity contribution in [2.75, 3.05) is 19.0 Å². The van der Waals surface area contributed by atoms with Gasteiger partial charge in [-0.1, -0.05) is 13.8 Å². The van der Waals surface area contributed by atoms with Gasteiger partial charge in [0.25, 0.3) is 0 Å². The van der Waals surface area contributed by atoms with Crippen molar-refractivity contribution in [3.8, 4) is 6.19 Å². The molecule has 10 heavy (non-hydrogen) atoms. The molecule has 3 heteroatoms. The Morgan fingerprint density at radius 3 is 2.50 bits per heavy atom. The summed E-state index contributed by atoms with van der Waals surface area (Å²) < 4.78 is 0. The number of nitriles is 1. The van der Waals surface area contributed by atoms with Crippen molar-refractivity contribution >= 4 is 11.6 Å². The molecule has 58 valence electrons. The molecule has 0 spiro atoms. The highest BCUT2D eigenvalue weighted by atomic mass is 35.5. The third kappa shape index (κ3) is 4.46. The molecule has 0 unspecified atom stereocenters. The van der Waals surface area contributed by atoms with Crippen molar-refractivity contribution in [1.82, 2.24) is 4.90 Å². The topological polar surface area (TPSA) is 27.0 Å². The van der Waals surface area contributed by atoms with E-state index in [1.54, 1.807) is 4.90 Å². The van der Waals surface area contributed by atoms with Gasteiger partial charge in [-0.15, -0.1) is 11.6 Å². The van der Waals surface area contributed by atoms with E-state index in [4.69, 9.17) is 16.9 Å². The van der Waals surface area contributed by atoms with Crippen LogP contribution in [-0.4, -0.2) is 23.9 Å². The van der Waals surface area contributed by atoms with Gasteiger partial charge >= 0.3 is 0 Å². The van der Waals surface area contributed by atoms with Gasteiger partial charge in [0.1, 0.15) is 0 Å². The quantitative estimate of drug-likeness (QED) is 0.355. The lowest BCUT2D eigenvalue weighted by molar-refractivity contribution is 0.361. The van der Waals surface area contributed by atoms with Gasteiger partial charge in [0.05, 0.1) is 0 Å². The van der Waals surface area contributed by atoms with E-state index >= 15 is 0 Å². The summed E-state index contributed by atoms with van der Waals surface area (Å²) in [5.74, 6) is 1.06. The van der Waals surface area contributed by atoms with Gasteiger partial charge in [-0.3, -0.25) is 0 Å². The molecular formula is C7H13ClN2. The zero-order valence-electron chi connectivity index (χ0n) is 6.47. The molecule has 0 aromatic heterocycles. The average Bonchev–Trinajstić information content (AvgIpc) is 1.86. The molecule has 0 aromatic carbocycles. The SMILES string of the molecule is CC(C)CN(C#N)CCCl. The molecule has 0 saturated carbocycles. The average molecular weight is 161 g/mol. The number of hydrogen-bond donors (Lipinski definition) is 0. The number of rotatable bonds is 4. The Balaban J connectivity index is 3.52. The number of nitrogens with zero attached hydrogens (tertiary/aromatic N) is 2. The highest BCUT2D eigenvalue weighted by Gasteiger charge is 2.01. The van der Waals surface area contributed by atoms with E-state index in [0.717, 1.165) is 6.54 Å². The number of halogens is 1. The summed E-state index contributed by atoms with van der Waals surface area (Å²) in [6.45, 7) is 5.64. The summed E-state index contributed by atoms with van der Waals surface area (Å²) in [6, 6.07) is 0. The van der Waals surface area contributed by atoms with E-state index in [1.165, 1.54) is 0 Å². The molecule has 0 rings (SSSR count). The van der Waals surface area contributed by atoms with Crippen LogP contribution < -0.4 is 0 Å². The minimum atomic E-state index is 0.528. The zero-order valence-corrected chi connectivity index (χ0v) is 7.23. The molecule has 0 aliphatic heterocycles. The Labute approximate surface area is 67.4 Å². The van der Waals surface area contributed by atoms with Gasteiger partial charge < -0.3 is 4.90 Å². The first-order valence-electron chi connectivity index (χ1n) is 3.41. The molecule has 0 N–H and O–H groups in total. The minimum absolute atomic E-state index is 0.528. The Kier molecular flexibility index (Phi) is 5.15. The Morgan fingerprint density at radius 1 is 1.60 bits per heavy atom. The molecule has 0 bridgehead atoms. The van der Waals surface area contributed by atoms with Gasteiger partial charge in [-0.05, 0) is 5.92 Å². The summed E-state index contributed by atoms with van der Waals surface area (Å²) in [6.07, 6.45) is 2.08. The van der Waals surface area contributed by atoms with Crippen LogP contribution in [0.1, 0.15) is 13.8 Å². The fourth-order valence-corrected chi connectivity index (χ4v) is 0.929. The van der Waals surface area contributed by atoms with E-state index in [1.807, 2.05) is 0 Å². The predicted octanol–water partition coefficient (Wildman–Crippen LogP) is 1.66. The maximum atomic E-state index is 8.52.